The van der Waals surface area contributed by atoms with Gasteiger partial charge in [0.2, 0.25) is 0 Å². The topological polar surface area (TPSA) is 29.5 Å². The molecule has 1 fully saturated rings. The summed E-state index contributed by atoms with van der Waals surface area (Å²) in [5.74, 6) is 0. The second kappa shape index (κ2) is 7.63. The van der Waals surface area contributed by atoms with E-state index in [0.717, 1.165) is 0 Å². The molecule has 2 nitrogen and oxygen atoms in total. The average Bonchev–Trinajstić information content (AvgIpc) is 2.63. The lowest BCUT2D eigenvalue weighted by Crippen LogP contribution is -2.68. The molecule has 2 aromatic rings. The number of alkyl halides is 1. The lowest BCUT2D eigenvalue weighted by molar-refractivity contribution is -0.00407. The predicted molar refractivity (Wildman–Crippen MR) is 107 cm³/mol. The summed E-state index contributed by atoms with van der Waals surface area (Å²) in [6, 6.07) is 20.8. The zero-order chi connectivity index (χ0) is 18.8. The highest BCUT2D eigenvalue weighted by Crippen LogP contribution is 2.39. The summed E-state index contributed by atoms with van der Waals surface area (Å²) < 4.78 is 21.1. The van der Waals surface area contributed by atoms with Gasteiger partial charge in [-0.3, -0.25) is 0 Å². The first-order valence-corrected chi connectivity index (χ1v) is 11.4. The molecule has 1 aliphatic rings. The van der Waals surface area contributed by atoms with E-state index in [-0.39, 0.29) is 17.6 Å². The highest BCUT2D eigenvalue weighted by Gasteiger charge is 2.52. The first-order chi connectivity index (χ1) is 12.3. The molecule has 0 radical (unpaired) electrons. The third-order valence-electron chi connectivity index (χ3n) is 5.45. The molecular weight excluding hydrogens is 343 g/mol. The molecule has 0 saturated heterocycles. The molecule has 0 unspecified atom stereocenters. The van der Waals surface area contributed by atoms with Gasteiger partial charge in [-0.25, -0.2) is 4.39 Å². The monoisotopic (exact) mass is 372 g/mol. The summed E-state index contributed by atoms with van der Waals surface area (Å²) >= 11 is 0. The van der Waals surface area contributed by atoms with Crippen molar-refractivity contribution < 1.29 is 13.9 Å². The summed E-state index contributed by atoms with van der Waals surface area (Å²) in [4.78, 5) is 0. The van der Waals surface area contributed by atoms with E-state index in [1.54, 1.807) is 0 Å². The Bertz CT molecular complexity index is 660. The first-order valence-electron chi connectivity index (χ1n) is 9.45. The van der Waals surface area contributed by atoms with Crippen LogP contribution in [0.3, 0.4) is 0 Å². The Balaban J connectivity index is 2.09. The molecule has 0 aliphatic heterocycles. The van der Waals surface area contributed by atoms with Crippen LogP contribution in [-0.4, -0.2) is 31.8 Å². The van der Waals surface area contributed by atoms with Crippen molar-refractivity contribution >= 4 is 18.7 Å². The average molecular weight is 373 g/mol. The molecule has 1 aliphatic carbocycles. The molecule has 0 aromatic heterocycles. The maximum Gasteiger partial charge on any atom is 0.261 e. The van der Waals surface area contributed by atoms with Crippen molar-refractivity contribution in [2.45, 2.75) is 63.5 Å². The highest BCUT2D eigenvalue weighted by molar-refractivity contribution is 6.99. The van der Waals surface area contributed by atoms with Gasteiger partial charge in [-0.2, -0.15) is 0 Å². The van der Waals surface area contributed by atoms with Crippen LogP contribution in [0.1, 0.15) is 40.0 Å². The van der Waals surface area contributed by atoms with Gasteiger partial charge in [0.25, 0.3) is 8.32 Å². The highest BCUT2D eigenvalue weighted by atomic mass is 28.4. The van der Waals surface area contributed by atoms with Crippen LogP contribution in [0.15, 0.2) is 60.7 Å². The maximum absolute atomic E-state index is 14.2. The van der Waals surface area contributed by atoms with Gasteiger partial charge in [0.15, 0.2) is 0 Å². The van der Waals surface area contributed by atoms with Gasteiger partial charge >= 0.3 is 0 Å². The standard InChI is InChI=1S/C22H29FO2Si/c1-22(2,3)26(18-10-6-4-7-11-18,19-12-8-5-9-13-19)25-17-14-15-21(24)20(23)16-17/h4-13,17,20-21,24H,14-16H2,1-3H3/t17-,20+,21-/m1/s1. The normalized spacial score (nSPS) is 24.4. The van der Waals surface area contributed by atoms with Crippen LogP contribution >= 0.6 is 0 Å². The van der Waals surface area contributed by atoms with Crippen LogP contribution in [0.5, 0.6) is 0 Å². The summed E-state index contributed by atoms with van der Waals surface area (Å²) in [7, 11) is -2.64. The number of halogens is 1. The van der Waals surface area contributed by atoms with E-state index in [0.29, 0.717) is 12.8 Å². The fraction of sp³-hybridized carbons (Fsp3) is 0.455. The van der Waals surface area contributed by atoms with Crippen LogP contribution in [0.25, 0.3) is 0 Å². The summed E-state index contributed by atoms with van der Waals surface area (Å²) in [5.41, 5.74) is 0. The Morgan fingerprint density at radius 3 is 1.85 bits per heavy atom. The van der Waals surface area contributed by atoms with Crippen molar-refractivity contribution in [2.24, 2.45) is 0 Å². The Morgan fingerprint density at radius 2 is 1.42 bits per heavy atom. The summed E-state index contributed by atoms with van der Waals surface area (Å²) in [5, 5.41) is 12.1. The molecule has 140 valence electrons. The zero-order valence-electron chi connectivity index (χ0n) is 15.9. The zero-order valence-corrected chi connectivity index (χ0v) is 16.9. The van der Waals surface area contributed by atoms with E-state index in [4.69, 9.17) is 4.43 Å². The molecule has 0 bridgehead atoms. The van der Waals surface area contributed by atoms with Crippen molar-refractivity contribution in [1.82, 2.24) is 0 Å². The number of hydrogen-bond acceptors (Lipinski definition) is 2. The van der Waals surface area contributed by atoms with E-state index in [9.17, 15) is 9.50 Å². The molecule has 0 amide bonds. The van der Waals surface area contributed by atoms with Crippen molar-refractivity contribution in [1.29, 1.82) is 0 Å². The minimum absolute atomic E-state index is 0.114. The molecular formula is C22H29FO2Si. The van der Waals surface area contributed by atoms with Gasteiger partial charge in [0.1, 0.15) is 6.17 Å². The summed E-state index contributed by atoms with van der Waals surface area (Å²) in [6.45, 7) is 6.68. The number of hydrogen-bond donors (Lipinski definition) is 1. The lowest BCUT2D eigenvalue weighted by atomic mass is 9.94. The van der Waals surface area contributed by atoms with Crippen molar-refractivity contribution in [3.63, 3.8) is 0 Å². The second-order valence-electron chi connectivity index (χ2n) is 8.30. The quantitative estimate of drug-likeness (QED) is 0.827. The van der Waals surface area contributed by atoms with Gasteiger partial charge in [-0.15, -0.1) is 0 Å². The predicted octanol–water partition coefficient (Wildman–Crippen LogP) is 3.81. The van der Waals surface area contributed by atoms with Gasteiger partial charge in [0.05, 0.1) is 6.10 Å². The SMILES string of the molecule is CC(C)(C)[Si](O[C@@H]1CC[C@@H](O)[C@@H](F)C1)(c1ccccc1)c1ccccc1. The van der Waals surface area contributed by atoms with Crippen LogP contribution in [0.2, 0.25) is 5.04 Å². The van der Waals surface area contributed by atoms with Crippen molar-refractivity contribution in [2.75, 3.05) is 0 Å². The number of aliphatic hydroxyl groups is 1. The molecule has 3 atom stereocenters. The lowest BCUT2D eigenvalue weighted by Gasteiger charge is -2.46. The smallest absolute Gasteiger partial charge is 0.261 e. The van der Waals surface area contributed by atoms with Crippen molar-refractivity contribution in [3.8, 4) is 0 Å². The van der Waals surface area contributed by atoms with Gasteiger partial charge in [-0.05, 0) is 28.3 Å². The van der Waals surface area contributed by atoms with Gasteiger partial charge < -0.3 is 9.53 Å². The molecule has 3 rings (SSSR count). The molecule has 0 heterocycles. The summed E-state index contributed by atoms with van der Waals surface area (Å²) in [6.07, 6.45) is -0.789. The molecule has 1 saturated carbocycles. The Kier molecular flexibility index (Phi) is 5.66. The first kappa shape index (κ1) is 19.3. The third kappa shape index (κ3) is 3.64. The minimum Gasteiger partial charge on any atom is -0.404 e. The largest absolute Gasteiger partial charge is 0.404 e. The molecule has 1 N–H and O–H groups in total. The van der Waals surface area contributed by atoms with E-state index in [1.165, 1.54) is 10.4 Å². The van der Waals surface area contributed by atoms with E-state index < -0.39 is 20.6 Å². The van der Waals surface area contributed by atoms with Crippen LogP contribution in [0.4, 0.5) is 4.39 Å². The van der Waals surface area contributed by atoms with E-state index in [1.807, 2.05) is 12.1 Å². The van der Waals surface area contributed by atoms with Gasteiger partial charge in [-0.1, -0.05) is 81.4 Å². The van der Waals surface area contributed by atoms with Crippen LogP contribution < -0.4 is 10.4 Å². The fourth-order valence-corrected chi connectivity index (χ4v) is 8.84. The number of rotatable bonds is 4. The Morgan fingerprint density at radius 1 is 0.923 bits per heavy atom. The Hall–Kier alpha value is -1.49. The van der Waals surface area contributed by atoms with Gasteiger partial charge in [0, 0.05) is 12.5 Å². The third-order valence-corrected chi connectivity index (χ3v) is 10.5. The van der Waals surface area contributed by atoms with Crippen molar-refractivity contribution in [3.05, 3.63) is 60.7 Å². The number of benzene rings is 2. The molecule has 26 heavy (non-hydrogen) atoms. The second-order valence-corrected chi connectivity index (χ2v) is 12.6. The molecule has 2 aromatic carbocycles. The van der Waals surface area contributed by atoms with E-state index >= 15 is 0 Å². The Labute approximate surface area is 157 Å². The van der Waals surface area contributed by atoms with E-state index in [2.05, 4.69) is 69.3 Å². The van der Waals surface area contributed by atoms with Crippen LogP contribution in [0, 0.1) is 0 Å². The minimum atomic E-state index is -2.64. The number of aliphatic hydroxyl groups excluding tert-OH is 1. The maximum atomic E-state index is 14.2. The van der Waals surface area contributed by atoms with Crippen LogP contribution in [-0.2, 0) is 4.43 Å². The molecule has 4 heteroatoms. The molecule has 0 spiro atoms. The fourth-order valence-electron chi connectivity index (χ4n) is 4.11.